The third-order valence-corrected chi connectivity index (χ3v) is 3.30. The number of nitrogens with one attached hydrogen (secondary N) is 1. The highest BCUT2D eigenvalue weighted by molar-refractivity contribution is 9.10. The molecule has 19 heavy (non-hydrogen) atoms. The quantitative estimate of drug-likeness (QED) is 0.930. The molecule has 0 bridgehead atoms. The molecule has 0 saturated heterocycles. The van der Waals surface area contributed by atoms with E-state index < -0.39 is 5.82 Å². The molecule has 1 heterocycles. The molecule has 1 aromatic heterocycles. The minimum atomic E-state index is -0.443. The zero-order valence-electron chi connectivity index (χ0n) is 10.2. The molecule has 2 aromatic rings. The number of amides is 1. The SMILES string of the molecule is Cn1cnnc1CCNC(=O)c1cc(F)ccc1Br. The Morgan fingerprint density at radius 1 is 1.53 bits per heavy atom. The highest BCUT2D eigenvalue weighted by Gasteiger charge is 2.11. The molecule has 1 N–H and O–H groups in total. The number of aryl methyl sites for hydroxylation is 1. The summed E-state index contributed by atoms with van der Waals surface area (Å²) in [5.74, 6) is 0.00815. The van der Waals surface area contributed by atoms with E-state index in [0.29, 0.717) is 17.4 Å². The molecule has 2 rings (SSSR count). The average molecular weight is 327 g/mol. The van der Waals surface area contributed by atoms with Gasteiger partial charge in [0.05, 0.1) is 5.56 Å². The first-order valence-corrected chi connectivity index (χ1v) is 6.43. The van der Waals surface area contributed by atoms with E-state index in [2.05, 4.69) is 31.4 Å². The summed E-state index contributed by atoms with van der Waals surface area (Å²) in [4.78, 5) is 11.9. The minimum absolute atomic E-state index is 0.276. The van der Waals surface area contributed by atoms with E-state index in [1.807, 2.05) is 7.05 Å². The predicted molar refractivity (Wildman–Crippen MR) is 71.1 cm³/mol. The van der Waals surface area contributed by atoms with Crippen molar-refractivity contribution in [3.63, 3.8) is 0 Å². The van der Waals surface area contributed by atoms with Gasteiger partial charge in [-0.15, -0.1) is 10.2 Å². The van der Waals surface area contributed by atoms with Gasteiger partial charge in [0.25, 0.3) is 5.91 Å². The Balaban J connectivity index is 1.94. The van der Waals surface area contributed by atoms with Gasteiger partial charge in [0.1, 0.15) is 18.0 Å². The molecule has 0 spiro atoms. The lowest BCUT2D eigenvalue weighted by Crippen LogP contribution is -2.26. The summed E-state index contributed by atoms with van der Waals surface area (Å²) in [6, 6.07) is 4.00. The first kappa shape index (κ1) is 13.7. The fourth-order valence-electron chi connectivity index (χ4n) is 1.59. The second-order valence-corrected chi connectivity index (χ2v) is 4.84. The van der Waals surface area contributed by atoms with Crippen molar-refractivity contribution in [2.45, 2.75) is 6.42 Å². The zero-order valence-corrected chi connectivity index (χ0v) is 11.8. The van der Waals surface area contributed by atoms with Crippen molar-refractivity contribution in [1.29, 1.82) is 0 Å². The van der Waals surface area contributed by atoms with Gasteiger partial charge < -0.3 is 9.88 Å². The molecule has 1 aromatic carbocycles. The number of rotatable bonds is 4. The van der Waals surface area contributed by atoms with Crippen LogP contribution in [0.5, 0.6) is 0 Å². The molecular formula is C12H12BrFN4O. The van der Waals surface area contributed by atoms with Crippen LogP contribution in [0, 0.1) is 5.82 Å². The van der Waals surface area contributed by atoms with E-state index in [1.165, 1.54) is 18.2 Å². The normalized spacial score (nSPS) is 10.5. The molecule has 0 saturated carbocycles. The van der Waals surface area contributed by atoms with E-state index in [1.54, 1.807) is 10.9 Å². The van der Waals surface area contributed by atoms with Gasteiger partial charge in [-0.1, -0.05) is 0 Å². The van der Waals surface area contributed by atoms with E-state index in [0.717, 1.165) is 5.82 Å². The fraction of sp³-hybridized carbons (Fsp3) is 0.250. The summed E-state index contributed by atoms with van der Waals surface area (Å²) in [7, 11) is 1.83. The van der Waals surface area contributed by atoms with Crippen LogP contribution in [-0.4, -0.2) is 27.2 Å². The first-order chi connectivity index (χ1) is 9.08. The number of nitrogens with zero attached hydrogens (tertiary/aromatic N) is 3. The van der Waals surface area contributed by atoms with Crippen LogP contribution in [0.1, 0.15) is 16.2 Å². The highest BCUT2D eigenvalue weighted by atomic mass is 79.9. The van der Waals surface area contributed by atoms with Crippen molar-refractivity contribution in [3.05, 3.63) is 46.2 Å². The van der Waals surface area contributed by atoms with Crippen molar-refractivity contribution in [2.24, 2.45) is 7.05 Å². The number of carbonyl (C=O) groups is 1. The topological polar surface area (TPSA) is 59.8 Å². The van der Waals surface area contributed by atoms with E-state index in [-0.39, 0.29) is 11.5 Å². The van der Waals surface area contributed by atoms with Crippen molar-refractivity contribution in [2.75, 3.05) is 6.54 Å². The molecular weight excluding hydrogens is 315 g/mol. The van der Waals surface area contributed by atoms with Gasteiger partial charge in [0.15, 0.2) is 0 Å². The van der Waals surface area contributed by atoms with Crippen molar-refractivity contribution >= 4 is 21.8 Å². The Labute approximate surface area is 118 Å². The molecule has 0 unspecified atom stereocenters. The average Bonchev–Trinajstić information content (AvgIpc) is 2.78. The predicted octanol–water partition coefficient (Wildman–Crippen LogP) is 1.69. The Hall–Kier alpha value is -1.76. The lowest BCUT2D eigenvalue weighted by atomic mass is 10.2. The van der Waals surface area contributed by atoms with Gasteiger partial charge in [0.2, 0.25) is 0 Å². The molecule has 0 aliphatic rings. The van der Waals surface area contributed by atoms with Gasteiger partial charge in [-0.2, -0.15) is 0 Å². The summed E-state index contributed by atoms with van der Waals surface area (Å²) >= 11 is 3.22. The Morgan fingerprint density at radius 3 is 3.00 bits per heavy atom. The van der Waals surface area contributed by atoms with E-state index in [4.69, 9.17) is 0 Å². The van der Waals surface area contributed by atoms with Gasteiger partial charge in [-0.05, 0) is 34.1 Å². The van der Waals surface area contributed by atoms with Crippen LogP contribution < -0.4 is 5.32 Å². The number of hydrogen-bond donors (Lipinski definition) is 1. The number of halogens is 2. The third-order valence-electron chi connectivity index (χ3n) is 2.61. The summed E-state index contributed by atoms with van der Waals surface area (Å²) in [6.07, 6.45) is 2.16. The standard InChI is InChI=1S/C12H12BrFN4O/c1-18-7-16-17-11(18)4-5-15-12(19)9-6-8(14)2-3-10(9)13/h2-3,6-7H,4-5H2,1H3,(H,15,19). The molecule has 0 atom stereocenters. The molecule has 0 radical (unpaired) electrons. The van der Waals surface area contributed by atoms with Crippen LogP contribution in [0.15, 0.2) is 29.0 Å². The summed E-state index contributed by atoms with van der Waals surface area (Å²) < 4.78 is 15.4. The second kappa shape index (κ2) is 5.92. The molecule has 1 amide bonds. The maximum atomic E-state index is 13.1. The number of hydrogen-bond acceptors (Lipinski definition) is 3. The van der Waals surface area contributed by atoms with Crippen molar-refractivity contribution in [3.8, 4) is 0 Å². The third kappa shape index (κ3) is 3.37. The maximum absolute atomic E-state index is 13.1. The molecule has 0 aliphatic carbocycles. The second-order valence-electron chi connectivity index (χ2n) is 3.99. The summed E-state index contributed by atoms with van der Waals surface area (Å²) in [6.45, 7) is 0.411. The summed E-state index contributed by atoms with van der Waals surface area (Å²) in [5.41, 5.74) is 0.276. The maximum Gasteiger partial charge on any atom is 0.252 e. The van der Waals surface area contributed by atoms with E-state index in [9.17, 15) is 9.18 Å². The fourth-order valence-corrected chi connectivity index (χ4v) is 2.01. The van der Waals surface area contributed by atoms with Crippen molar-refractivity contribution in [1.82, 2.24) is 20.1 Å². The molecule has 7 heteroatoms. The first-order valence-electron chi connectivity index (χ1n) is 5.64. The Kier molecular flexibility index (Phi) is 4.26. The van der Waals surface area contributed by atoms with Crippen LogP contribution in [0.4, 0.5) is 4.39 Å². The Bertz CT molecular complexity index is 599. The Morgan fingerprint density at radius 2 is 2.32 bits per heavy atom. The monoisotopic (exact) mass is 326 g/mol. The van der Waals surface area contributed by atoms with Crippen LogP contribution in [-0.2, 0) is 13.5 Å². The van der Waals surface area contributed by atoms with Crippen molar-refractivity contribution < 1.29 is 9.18 Å². The molecule has 0 aliphatic heterocycles. The highest BCUT2D eigenvalue weighted by Crippen LogP contribution is 2.17. The number of carbonyl (C=O) groups excluding carboxylic acids is 1. The molecule has 5 nitrogen and oxygen atoms in total. The zero-order chi connectivity index (χ0) is 13.8. The van der Waals surface area contributed by atoms with Crippen LogP contribution in [0.25, 0.3) is 0 Å². The minimum Gasteiger partial charge on any atom is -0.352 e. The van der Waals surface area contributed by atoms with Gasteiger partial charge >= 0.3 is 0 Å². The van der Waals surface area contributed by atoms with Crippen LogP contribution >= 0.6 is 15.9 Å². The van der Waals surface area contributed by atoms with Crippen LogP contribution in [0.2, 0.25) is 0 Å². The largest absolute Gasteiger partial charge is 0.352 e. The lowest BCUT2D eigenvalue weighted by Gasteiger charge is -2.06. The molecule has 100 valence electrons. The smallest absolute Gasteiger partial charge is 0.252 e. The van der Waals surface area contributed by atoms with Gasteiger partial charge in [-0.3, -0.25) is 4.79 Å². The van der Waals surface area contributed by atoms with E-state index >= 15 is 0 Å². The number of benzene rings is 1. The lowest BCUT2D eigenvalue weighted by molar-refractivity contribution is 0.0952. The molecule has 0 fully saturated rings. The number of aromatic nitrogens is 3. The van der Waals surface area contributed by atoms with Gasteiger partial charge in [0, 0.05) is 24.5 Å². The van der Waals surface area contributed by atoms with Crippen LogP contribution in [0.3, 0.4) is 0 Å². The summed E-state index contributed by atoms with van der Waals surface area (Å²) in [5, 5.41) is 10.4. The van der Waals surface area contributed by atoms with Gasteiger partial charge in [-0.25, -0.2) is 4.39 Å².